The Morgan fingerprint density at radius 2 is 1.31 bits per heavy atom. The molecule has 0 amide bonds. The zero-order valence-corrected chi connectivity index (χ0v) is 23.5. The zero-order valence-electron chi connectivity index (χ0n) is 23.5. The van der Waals surface area contributed by atoms with Gasteiger partial charge in [0.25, 0.3) is 0 Å². The van der Waals surface area contributed by atoms with Crippen molar-refractivity contribution in [1.29, 1.82) is 0 Å². The van der Waals surface area contributed by atoms with Crippen LogP contribution in [0.5, 0.6) is 0 Å². The summed E-state index contributed by atoms with van der Waals surface area (Å²) < 4.78 is 29.8. The molecule has 1 aromatic heterocycles. The Kier molecular flexibility index (Phi) is 15.7. The van der Waals surface area contributed by atoms with Gasteiger partial charge in [0.2, 0.25) is 0 Å². The van der Waals surface area contributed by atoms with Crippen molar-refractivity contribution in [2.45, 2.75) is 60.2 Å². The summed E-state index contributed by atoms with van der Waals surface area (Å²) in [7, 11) is 0. The van der Waals surface area contributed by atoms with Gasteiger partial charge < -0.3 is 23.7 Å². The fourth-order valence-corrected chi connectivity index (χ4v) is 3.69. The van der Waals surface area contributed by atoms with E-state index < -0.39 is 0 Å². The number of hydrogen-bond acceptors (Lipinski definition) is 9. The van der Waals surface area contributed by atoms with Gasteiger partial charge in [0.15, 0.2) is 0 Å². The highest BCUT2D eigenvalue weighted by atomic mass is 16.6. The number of aromatic nitrogens is 3. The van der Waals surface area contributed by atoms with Crippen molar-refractivity contribution in [2.24, 2.45) is 5.41 Å². The van der Waals surface area contributed by atoms with E-state index in [4.69, 9.17) is 23.7 Å². The number of hydrogen-bond donors (Lipinski definition) is 0. The molecule has 0 N–H and O–H groups in total. The highest BCUT2D eigenvalue weighted by Gasteiger charge is 2.18. The minimum Gasteiger partial charge on any atom is -0.379 e. The molecule has 2 heterocycles. The molecule has 10 nitrogen and oxygen atoms in total. The molecule has 36 heavy (non-hydrogen) atoms. The number of ether oxygens (including phenoxy) is 5. The van der Waals surface area contributed by atoms with E-state index in [2.05, 4.69) is 54.7 Å². The van der Waals surface area contributed by atoms with Gasteiger partial charge in [-0.1, -0.05) is 26.0 Å². The van der Waals surface area contributed by atoms with E-state index in [0.29, 0.717) is 70.9 Å². The van der Waals surface area contributed by atoms with Gasteiger partial charge in [-0.3, -0.25) is 9.80 Å². The van der Waals surface area contributed by atoms with E-state index in [-0.39, 0.29) is 0 Å². The molecule has 0 bridgehead atoms. The Balaban J connectivity index is 1.35. The molecule has 0 unspecified atom stereocenters. The lowest BCUT2D eigenvalue weighted by Gasteiger charge is -2.36. The van der Waals surface area contributed by atoms with Gasteiger partial charge in [-0.15, -0.1) is 5.10 Å². The minimum absolute atomic E-state index is 0.311. The molecule has 2 rings (SSSR count). The maximum atomic E-state index is 5.80. The van der Waals surface area contributed by atoms with Gasteiger partial charge >= 0.3 is 0 Å². The highest BCUT2D eigenvalue weighted by molar-refractivity contribution is 4.89. The summed E-state index contributed by atoms with van der Waals surface area (Å²) in [5, 5.41) is 8.31. The van der Waals surface area contributed by atoms with Gasteiger partial charge in [0, 0.05) is 45.4 Å². The van der Waals surface area contributed by atoms with Crippen LogP contribution < -0.4 is 0 Å². The van der Waals surface area contributed by atoms with Crippen LogP contribution in [-0.4, -0.2) is 123 Å². The summed E-state index contributed by atoms with van der Waals surface area (Å²) in [6.45, 7) is 23.4. The van der Waals surface area contributed by atoms with Crippen LogP contribution in [0.25, 0.3) is 0 Å². The molecule has 1 aliphatic rings. The lowest BCUT2D eigenvalue weighted by Crippen LogP contribution is -2.49. The van der Waals surface area contributed by atoms with Crippen molar-refractivity contribution < 1.29 is 23.7 Å². The predicted octanol–water partition coefficient (Wildman–Crippen LogP) is 2.32. The highest BCUT2D eigenvalue weighted by Crippen LogP contribution is 2.17. The van der Waals surface area contributed by atoms with Gasteiger partial charge in [0.05, 0.1) is 72.2 Å². The van der Waals surface area contributed by atoms with E-state index in [0.717, 1.165) is 58.1 Å². The molecular weight excluding hydrogens is 462 g/mol. The van der Waals surface area contributed by atoms with Gasteiger partial charge in [-0.25, -0.2) is 4.68 Å². The first-order valence-electron chi connectivity index (χ1n) is 13.6. The van der Waals surface area contributed by atoms with E-state index in [1.54, 1.807) is 4.68 Å². The summed E-state index contributed by atoms with van der Waals surface area (Å²) in [6, 6.07) is 0.638. The quantitative estimate of drug-likeness (QED) is 0.244. The average Bonchev–Trinajstić information content (AvgIpc) is 3.29. The number of nitrogens with zero attached hydrogens (tertiary/aromatic N) is 5. The molecule has 1 saturated heterocycles. The van der Waals surface area contributed by atoms with E-state index in [9.17, 15) is 0 Å². The molecule has 10 heteroatoms. The van der Waals surface area contributed by atoms with E-state index in [1.165, 1.54) is 0 Å². The average molecular weight is 514 g/mol. The molecule has 1 fully saturated rings. The molecule has 1 aromatic rings. The maximum Gasteiger partial charge on any atom is 0.108 e. The monoisotopic (exact) mass is 513 g/mol. The third-order valence-electron chi connectivity index (χ3n) is 6.10. The summed E-state index contributed by atoms with van der Waals surface area (Å²) in [4.78, 5) is 5.01. The SMILES string of the molecule is CC(C)N1CCN(CCOCCn2cc(COCCOCCOCCOCCC(C)(C)C)nn2)CC1. The Hall–Kier alpha value is -1.14. The summed E-state index contributed by atoms with van der Waals surface area (Å²) in [5.41, 5.74) is 1.12. The molecular formula is C26H51N5O5. The first-order chi connectivity index (χ1) is 17.3. The largest absolute Gasteiger partial charge is 0.379 e. The van der Waals surface area contributed by atoms with Crippen LogP contribution in [-0.2, 0) is 36.8 Å². The van der Waals surface area contributed by atoms with Gasteiger partial charge in [-0.2, -0.15) is 0 Å². The molecule has 0 spiro atoms. The fraction of sp³-hybridized carbons (Fsp3) is 0.923. The second-order valence-corrected chi connectivity index (χ2v) is 10.8. The third kappa shape index (κ3) is 15.2. The standard InChI is InChI=1S/C26H51N5O5/c1-24(2)30-9-7-29(8-10-30)11-14-33-15-12-31-22-25(27-28-31)23-36-21-20-35-19-18-34-17-16-32-13-6-26(3,4)5/h22,24H,6-21,23H2,1-5H3. The summed E-state index contributed by atoms with van der Waals surface area (Å²) >= 11 is 0. The fourth-order valence-electron chi connectivity index (χ4n) is 3.69. The van der Waals surface area contributed by atoms with Crippen LogP contribution in [0.1, 0.15) is 46.7 Å². The lowest BCUT2D eigenvalue weighted by molar-refractivity contribution is -0.00642. The normalized spacial score (nSPS) is 15.8. The van der Waals surface area contributed by atoms with E-state index in [1.807, 2.05) is 6.20 Å². The minimum atomic E-state index is 0.311. The van der Waals surface area contributed by atoms with Crippen LogP contribution >= 0.6 is 0 Å². The third-order valence-corrected chi connectivity index (χ3v) is 6.10. The first kappa shape index (κ1) is 31.1. The number of rotatable bonds is 20. The molecule has 0 saturated carbocycles. The van der Waals surface area contributed by atoms with Gasteiger partial charge in [0.1, 0.15) is 5.69 Å². The second-order valence-electron chi connectivity index (χ2n) is 10.8. The van der Waals surface area contributed by atoms with Crippen LogP contribution in [0, 0.1) is 5.41 Å². The van der Waals surface area contributed by atoms with Gasteiger partial charge in [-0.05, 0) is 25.7 Å². The Morgan fingerprint density at radius 1 is 0.750 bits per heavy atom. The van der Waals surface area contributed by atoms with Crippen molar-refractivity contribution in [3.05, 3.63) is 11.9 Å². The van der Waals surface area contributed by atoms with Crippen molar-refractivity contribution in [3.63, 3.8) is 0 Å². The van der Waals surface area contributed by atoms with Crippen LogP contribution in [0.2, 0.25) is 0 Å². The summed E-state index contributed by atoms with van der Waals surface area (Å²) in [6.07, 6.45) is 2.96. The smallest absolute Gasteiger partial charge is 0.108 e. The second kappa shape index (κ2) is 18.2. The lowest BCUT2D eigenvalue weighted by atomic mass is 9.93. The molecule has 1 aliphatic heterocycles. The molecule has 210 valence electrons. The van der Waals surface area contributed by atoms with E-state index >= 15 is 0 Å². The molecule has 0 atom stereocenters. The van der Waals surface area contributed by atoms with Crippen molar-refractivity contribution in [2.75, 3.05) is 92.2 Å². The Labute approximate surface area is 218 Å². The zero-order chi connectivity index (χ0) is 26.1. The molecule has 0 radical (unpaired) electrons. The van der Waals surface area contributed by atoms with Crippen molar-refractivity contribution >= 4 is 0 Å². The number of piperazine rings is 1. The van der Waals surface area contributed by atoms with Crippen molar-refractivity contribution in [1.82, 2.24) is 24.8 Å². The van der Waals surface area contributed by atoms with Crippen LogP contribution in [0.15, 0.2) is 6.20 Å². The van der Waals surface area contributed by atoms with Crippen LogP contribution in [0.4, 0.5) is 0 Å². The van der Waals surface area contributed by atoms with Crippen LogP contribution in [0.3, 0.4) is 0 Å². The maximum absolute atomic E-state index is 5.80. The summed E-state index contributed by atoms with van der Waals surface area (Å²) in [5.74, 6) is 0. The molecule has 0 aromatic carbocycles. The topological polar surface area (TPSA) is 83.3 Å². The first-order valence-corrected chi connectivity index (χ1v) is 13.6. The Bertz CT molecular complexity index is 659. The molecule has 0 aliphatic carbocycles. The van der Waals surface area contributed by atoms with Crippen molar-refractivity contribution in [3.8, 4) is 0 Å². The Morgan fingerprint density at radius 3 is 1.92 bits per heavy atom. The predicted molar refractivity (Wildman–Crippen MR) is 140 cm³/mol.